The number of pyridine rings is 1. The average molecular weight is 431 g/mol. The van der Waals surface area contributed by atoms with E-state index in [4.69, 9.17) is 4.98 Å². The lowest BCUT2D eigenvalue weighted by Crippen LogP contribution is -2.30. The molecule has 0 radical (unpaired) electrons. The summed E-state index contributed by atoms with van der Waals surface area (Å²) in [6, 6.07) is 15.7. The van der Waals surface area contributed by atoms with Gasteiger partial charge in [0.15, 0.2) is 0 Å². The molecule has 0 spiro atoms. The van der Waals surface area contributed by atoms with E-state index in [9.17, 15) is 0 Å². The van der Waals surface area contributed by atoms with Crippen LogP contribution in [0.3, 0.4) is 0 Å². The lowest BCUT2D eigenvalue weighted by molar-refractivity contribution is 0.263. The van der Waals surface area contributed by atoms with Crippen LogP contribution in [0, 0.1) is 5.92 Å². The van der Waals surface area contributed by atoms with Gasteiger partial charge >= 0.3 is 0 Å². The van der Waals surface area contributed by atoms with Gasteiger partial charge in [-0.2, -0.15) is 0 Å². The standard InChI is InChI=1S/C28H34N2S/c1-2-6-22(7-3-1)20-25(27-8-4-5-15-29-27)13-18-30-16-11-23(12-17-30)24-9-10-28-26(21-24)14-19-31-28/h4-5,8-11,14-15,19,21-22,25H,1-3,6-7,12-13,16-18,20H2. The molecule has 1 atom stereocenters. The molecule has 31 heavy (non-hydrogen) atoms. The van der Waals surface area contributed by atoms with Crippen molar-refractivity contribution in [3.63, 3.8) is 0 Å². The Hall–Kier alpha value is -1.97. The number of rotatable bonds is 7. The highest BCUT2D eigenvalue weighted by molar-refractivity contribution is 7.17. The summed E-state index contributed by atoms with van der Waals surface area (Å²) in [5, 5.41) is 3.57. The zero-order valence-electron chi connectivity index (χ0n) is 18.5. The van der Waals surface area contributed by atoms with Crippen molar-refractivity contribution in [3.8, 4) is 0 Å². The van der Waals surface area contributed by atoms with Crippen molar-refractivity contribution in [2.24, 2.45) is 5.92 Å². The largest absolute Gasteiger partial charge is 0.299 e. The Balaban J connectivity index is 1.20. The molecule has 1 unspecified atom stereocenters. The van der Waals surface area contributed by atoms with Crippen molar-refractivity contribution >= 4 is 27.0 Å². The summed E-state index contributed by atoms with van der Waals surface area (Å²) >= 11 is 1.83. The van der Waals surface area contributed by atoms with Gasteiger partial charge in [0.2, 0.25) is 0 Å². The Bertz CT molecular complexity index is 1000. The average Bonchev–Trinajstić information content (AvgIpc) is 3.31. The molecule has 2 nitrogen and oxygen atoms in total. The van der Waals surface area contributed by atoms with Crippen molar-refractivity contribution in [1.82, 2.24) is 9.88 Å². The van der Waals surface area contributed by atoms with Crippen LogP contribution in [-0.2, 0) is 0 Å². The SMILES string of the molecule is C1=C(c2ccc3sccc3c2)CCN(CCC(CC2CCCCC2)c2ccccn2)C1. The molecule has 162 valence electrons. The van der Waals surface area contributed by atoms with E-state index in [2.05, 4.69) is 52.8 Å². The first-order valence-electron chi connectivity index (χ1n) is 12.1. The minimum absolute atomic E-state index is 0.607. The molecule has 0 bridgehead atoms. The number of hydrogen-bond donors (Lipinski definition) is 0. The first-order chi connectivity index (χ1) is 15.3. The minimum atomic E-state index is 0.607. The van der Waals surface area contributed by atoms with Crippen LogP contribution in [0.5, 0.6) is 0 Å². The fourth-order valence-corrected chi connectivity index (χ4v) is 6.28. The summed E-state index contributed by atoms with van der Waals surface area (Å²) in [6.07, 6.45) is 15.3. The lowest BCUT2D eigenvalue weighted by Gasteiger charge is -2.30. The summed E-state index contributed by atoms with van der Waals surface area (Å²) < 4.78 is 1.39. The number of hydrogen-bond acceptors (Lipinski definition) is 3. The Morgan fingerprint density at radius 3 is 2.81 bits per heavy atom. The van der Waals surface area contributed by atoms with E-state index < -0.39 is 0 Å². The maximum Gasteiger partial charge on any atom is 0.0435 e. The smallest absolute Gasteiger partial charge is 0.0435 e. The number of benzene rings is 1. The third-order valence-corrected chi connectivity index (χ3v) is 8.26. The summed E-state index contributed by atoms with van der Waals surface area (Å²) in [5.41, 5.74) is 4.24. The van der Waals surface area contributed by atoms with E-state index in [1.165, 1.54) is 85.0 Å². The molecule has 1 fully saturated rings. The maximum absolute atomic E-state index is 4.75. The van der Waals surface area contributed by atoms with Gasteiger partial charge in [0.05, 0.1) is 0 Å². The Labute approximate surface area is 191 Å². The van der Waals surface area contributed by atoms with Crippen LogP contribution in [0.4, 0.5) is 0 Å². The molecule has 3 heteroatoms. The van der Waals surface area contributed by atoms with Crippen LogP contribution in [-0.4, -0.2) is 29.5 Å². The molecule has 1 saturated carbocycles. The third-order valence-electron chi connectivity index (χ3n) is 7.36. The number of aromatic nitrogens is 1. The van der Waals surface area contributed by atoms with Crippen LogP contribution < -0.4 is 0 Å². The van der Waals surface area contributed by atoms with E-state index in [-0.39, 0.29) is 0 Å². The highest BCUT2D eigenvalue weighted by Crippen LogP contribution is 2.35. The molecule has 5 rings (SSSR count). The van der Waals surface area contributed by atoms with Gasteiger partial charge in [0, 0.05) is 35.6 Å². The van der Waals surface area contributed by atoms with Crippen molar-refractivity contribution < 1.29 is 0 Å². The molecule has 0 amide bonds. The number of fused-ring (bicyclic) bond motifs is 1. The summed E-state index contributed by atoms with van der Waals surface area (Å²) in [5.74, 6) is 1.51. The van der Waals surface area contributed by atoms with Crippen LogP contribution in [0.15, 0.2) is 60.1 Å². The molecule has 1 aromatic carbocycles. The topological polar surface area (TPSA) is 16.1 Å². The van der Waals surface area contributed by atoms with Gasteiger partial charge < -0.3 is 0 Å². The van der Waals surface area contributed by atoms with Gasteiger partial charge in [-0.3, -0.25) is 9.88 Å². The molecule has 2 aromatic heterocycles. The quantitative estimate of drug-likeness (QED) is 0.385. The first-order valence-corrected chi connectivity index (χ1v) is 13.0. The molecule has 2 aliphatic rings. The molecule has 1 aliphatic heterocycles. The monoisotopic (exact) mass is 430 g/mol. The minimum Gasteiger partial charge on any atom is -0.299 e. The fraction of sp³-hybridized carbons (Fsp3) is 0.464. The third kappa shape index (κ3) is 5.27. The van der Waals surface area contributed by atoms with Gasteiger partial charge in [-0.25, -0.2) is 0 Å². The number of thiophene rings is 1. The highest BCUT2D eigenvalue weighted by Gasteiger charge is 2.22. The van der Waals surface area contributed by atoms with Crippen molar-refractivity contribution in [1.29, 1.82) is 0 Å². The van der Waals surface area contributed by atoms with E-state index in [0.29, 0.717) is 5.92 Å². The Kier molecular flexibility index (Phi) is 6.81. The normalized spacial score (nSPS) is 19.4. The van der Waals surface area contributed by atoms with E-state index in [0.717, 1.165) is 18.9 Å². The molecule has 3 aromatic rings. The molecule has 0 N–H and O–H groups in total. The maximum atomic E-state index is 4.75. The van der Waals surface area contributed by atoms with Crippen LogP contribution in [0.1, 0.15) is 68.5 Å². The summed E-state index contributed by atoms with van der Waals surface area (Å²) in [7, 11) is 0. The van der Waals surface area contributed by atoms with Crippen molar-refractivity contribution in [2.75, 3.05) is 19.6 Å². The second kappa shape index (κ2) is 10.1. The van der Waals surface area contributed by atoms with Gasteiger partial charge in [-0.15, -0.1) is 11.3 Å². The van der Waals surface area contributed by atoms with Gasteiger partial charge in [-0.05, 0) is 84.0 Å². The molecule has 3 heterocycles. The first kappa shape index (κ1) is 20.9. The second-order valence-corrected chi connectivity index (χ2v) is 10.4. The van der Waals surface area contributed by atoms with Gasteiger partial charge in [-0.1, -0.05) is 50.3 Å². The fourth-order valence-electron chi connectivity index (χ4n) is 5.51. The predicted molar refractivity (Wildman–Crippen MR) is 134 cm³/mol. The second-order valence-electron chi connectivity index (χ2n) is 9.43. The van der Waals surface area contributed by atoms with E-state index >= 15 is 0 Å². The zero-order chi connectivity index (χ0) is 20.9. The Morgan fingerprint density at radius 2 is 2.00 bits per heavy atom. The Morgan fingerprint density at radius 1 is 1.06 bits per heavy atom. The molecular weight excluding hydrogens is 396 g/mol. The summed E-state index contributed by atoms with van der Waals surface area (Å²) in [6.45, 7) is 3.43. The predicted octanol–water partition coefficient (Wildman–Crippen LogP) is 7.53. The lowest BCUT2D eigenvalue weighted by atomic mass is 9.80. The van der Waals surface area contributed by atoms with Crippen molar-refractivity contribution in [2.45, 2.75) is 57.3 Å². The molecule has 0 saturated heterocycles. The zero-order valence-corrected chi connectivity index (χ0v) is 19.3. The van der Waals surface area contributed by atoms with Gasteiger partial charge in [0.25, 0.3) is 0 Å². The number of nitrogens with zero attached hydrogens (tertiary/aromatic N) is 2. The molecule has 1 aliphatic carbocycles. The highest BCUT2D eigenvalue weighted by atomic mass is 32.1. The van der Waals surface area contributed by atoms with Crippen LogP contribution >= 0.6 is 11.3 Å². The van der Waals surface area contributed by atoms with Gasteiger partial charge in [0.1, 0.15) is 0 Å². The molecular formula is C28H34N2S. The van der Waals surface area contributed by atoms with Crippen LogP contribution in [0.2, 0.25) is 0 Å². The van der Waals surface area contributed by atoms with E-state index in [1.54, 1.807) is 0 Å². The summed E-state index contributed by atoms with van der Waals surface area (Å²) in [4.78, 5) is 7.39. The van der Waals surface area contributed by atoms with Crippen LogP contribution in [0.25, 0.3) is 15.7 Å². The van der Waals surface area contributed by atoms with Crippen molar-refractivity contribution in [3.05, 3.63) is 71.4 Å². The van der Waals surface area contributed by atoms with E-state index in [1.807, 2.05) is 23.6 Å².